The number of benzene rings is 1. The molecule has 0 aromatic heterocycles. The van der Waals surface area contributed by atoms with E-state index in [4.69, 9.17) is 18.1 Å². The van der Waals surface area contributed by atoms with Crippen LogP contribution in [0.1, 0.15) is 56.1 Å². The summed E-state index contributed by atoms with van der Waals surface area (Å²) in [6.07, 6.45) is 6.13. The van der Waals surface area contributed by atoms with Crippen molar-refractivity contribution < 1.29 is 9.32 Å². The van der Waals surface area contributed by atoms with Gasteiger partial charge in [0.05, 0.1) is 0 Å². The number of fused-ring (bicyclic) bond motifs is 5. The van der Waals surface area contributed by atoms with Gasteiger partial charge >= 0.3 is 7.58 Å². The third-order valence-electron chi connectivity index (χ3n) is 8.94. The van der Waals surface area contributed by atoms with E-state index in [1.54, 1.807) is 0 Å². The van der Waals surface area contributed by atoms with Gasteiger partial charge in [0.15, 0.2) is 0 Å². The van der Waals surface area contributed by atoms with Crippen LogP contribution in [0.15, 0.2) is 31.7 Å². The first-order chi connectivity index (χ1) is 17.2. The fourth-order valence-electron chi connectivity index (χ4n) is 6.88. The molecule has 1 heterocycles. The zero-order valence-corrected chi connectivity index (χ0v) is 24.9. The zero-order chi connectivity index (χ0) is 25.8. The van der Waals surface area contributed by atoms with E-state index in [-0.39, 0.29) is 5.41 Å². The van der Waals surface area contributed by atoms with Crippen LogP contribution in [0.25, 0.3) is 0 Å². The Balaban J connectivity index is 1.49. The lowest BCUT2D eigenvalue weighted by Gasteiger charge is -2.48. The van der Waals surface area contributed by atoms with Crippen LogP contribution in [0.4, 0.5) is 0 Å². The van der Waals surface area contributed by atoms with Crippen LogP contribution in [0.2, 0.25) is 0 Å². The number of hydrogen-bond donors (Lipinski definition) is 5. The third-order valence-corrected chi connectivity index (χ3v) is 18.6. The molecule has 1 aliphatic heterocycles. The van der Waals surface area contributed by atoms with Gasteiger partial charge in [-0.1, -0.05) is 13.0 Å². The minimum absolute atomic E-state index is 0.0904. The summed E-state index contributed by atoms with van der Waals surface area (Å²) in [4.78, 5) is 12.7. The summed E-state index contributed by atoms with van der Waals surface area (Å²) in [6, 6.07) is 6.55. The molecule has 5 rings (SSSR count). The van der Waals surface area contributed by atoms with Gasteiger partial charge in [-0.05, 0) is 108 Å². The van der Waals surface area contributed by atoms with Crippen molar-refractivity contribution in [3.63, 3.8) is 0 Å². The SMILES string of the molecule is CNP1(NC)=NP(NC)(NC)=NP(NC)(Oc2ccc3c(c2)CC[C@@H]2[C@@H]3CC[C@]3(C)C(=O)CC[C@@H]23)=N1. The maximum atomic E-state index is 12.7. The summed E-state index contributed by atoms with van der Waals surface area (Å²) in [5.74, 6) is 2.98. The predicted molar refractivity (Wildman–Crippen MR) is 150 cm³/mol. The summed E-state index contributed by atoms with van der Waals surface area (Å²) in [5.41, 5.74) is 2.72. The molecule has 0 amide bonds. The minimum Gasteiger partial charge on any atom is -0.431 e. The Labute approximate surface area is 215 Å². The molecule has 36 heavy (non-hydrogen) atoms. The Bertz CT molecular complexity index is 1210. The van der Waals surface area contributed by atoms with Crippen molar-refractivity contribution in [2.75, 3.05) is 35.2 Å². The Morgan fingerprint density at radius 3 is 2.25 bits per heavy atom. The second kappa shape index (κ2) is 9.73. The van der Waals surface area contributed by atoms with Gasteiger partial charge in [-0.15, -0.1) is 0 Å². The number of carbonyl (C=O) groups excluding carboxylic acids is 1. The molecule has 0 spiro atoms. The Kier molecular flexibility index (Phi) is 7.24. The average Bonchev–Trinajstić information content (AvgIpc) is 3.22. The molecule has 2 saturated carbocycles. The van der Waals surface area contributed by atoms with Crippen LogP contribution in [-0.4, -0.2) is 41.0 Å². The van der Waals surface area contributed by atoms with E-state index >= 15 is 0 Å². The van der Waals surface area contributed by atoms with Gasteiger partial charge < -0.3 is 4.52 Å². The number of Topliss-reactive ketones (excluding diaryl/α,β-unsaturated/α-hetero) is 1. The third kappa shape index (κ3) is 4.23. The molecule has 13 heteroatoms. The normalized spacial score (nSPS) is 35.9. The van der Waals surface area contributed by atoms with E-state index in [1.165, 1.54) is 11.1 Å². The molecule has 0 bridgehead atoms. The maximum Gasteiger partial charge on any atom is 0.330 e. The second-order valence-corrected chi connectivity index (χ2v) is 18.5. The number of nitrogens with zero attached hydrogens (tertiary/aromatic N) is 3. The van der Waals surface area contributed by atoms with Crippen molar-refractivity contribution >= 4 is 28.4 Å². The van der Waals surface area contributed by atoms with Gasteiger partial charge in [-0.25, -0.2) is 5.09 Å². The monoisotopic (exact) mass is 554 g/mol. The lowest BCUT2D eigenvalue weighted by molar-refractivity contribution is -0.129. The molecule has 5 atom stereocenters. The topological polar surface area (TPSA) is 124 Å². The molecule has 10 nitrogen and oxygen atoms in total. The van der Waals surface area contributed by atoms with E-state index in [1.807, 2.05) is 35.2 Å². The van der Waals surface area contributed by atoms with Crippen LogP contribution in [0.5, 0.6) is 5.75 Å². The lowest BCUT2D eigenvalue weighted by atomic mass is 9.55. The van der Waals surface area contributed by atoms with E-state index in [9.17, 15) is 4.79 Å². The van der Waals surface area contributed by atoms with Gasteiger partial charge in [-0.2, -0.15) is 13.5 Å². The highest BCUT2D eigenvalue weighted by Gasteiger charge is 2.54. The molecular formula is C23H41N8O2P3. The van der Waals surface area contributed by atoms with Crippen molar-refractivity contribution in [2.24, 2.45) is 30.8 Å². The molecule has 0 radical (unpaired) electrons. The highest BCUT2D eigenvalue weighted by Crippen LogP contribution is 2.71. The fourth-order valence-corrected chi connectivity index (χ4v) is 17.4. The molecule has 3 aliphatic carbocycles. The van der Waals surface area contributed by atoms with Crippen molar-refractivity contribution in [1.82, 2.24) is 25.4 Å². The Morgan fingerprint density at radius 2 is 1.58 bits per heavy atom. The smallest absolute Gasteiger partial charge is 0.330 e. The second-order valence-electron chi connectivity index (χ2n) is 10.4. The van der Waals surface area contributed by atoms with Crippen molar-refractivity contribution in [1.29, 1.82) is 0 Å². The standard InChI is InChI=1S/C23H41N8O2P3/c1-23-14-13-19-18-10-8-17(15-16(18)7-9-20(19)21(23)11-12-22(23)32)33-36(28-6)30-34(24-2,25-3)29-35(26-4,27-5)31-36/h8,10,15,19-21,24-28H,7,9,11-14H2,1-6H3/t19-,20-,21+,23+/m1/s1. The van der Waals surface area contributed by atoms with Gasteiger partial charge in [-0.3, -0.25) is 25.1 Å². The maximum absolute atomic E-state index is 12.7. The molecule has 1 aromatic rings. The number of carbonyl (C=O) groups is 1. The van der Waals surface area contributed by atoms with Crippen LogP contribution in [0, 0.1) is 17.3 Å². The van der Waals surface area contributed by atoms with Gasteiger partial charge in [0.2, 0.25) is 15.0 Å². The van der Waals surface area contributed by atoms with E-state index < -0.39 is 22.6 Å². The van der Waals surface area contributed by atoms with E-state index in [2.05, 4.69) is 50.6 Å². The van der Waals surface area contributed by atoms with E-state index in [0.717, 1.165) is 44.3 Å². The predicted octanol–water partition coefficient (Wildman–Crippen LogP) is 5.44. The minimum atomic E-state index is -2.78. The highest BCUT2D eigenvalue weighted by molar-refractivity contribution is 7.82. The summed E-state index contributed by atoms with van der Waals surface area (Å²) >= 11 is 0. The van der Waals surface area contributed by atoms with E-state index in [0.29, 0.717) is 23.5 Å². The van der Waals surface area contributed by atoms with Crippen LogP contribution in [-0.2, 0) is 11.2 Å². The zero-order valence-electron chi connectivity index (χ0n) is 22.2. The number of ketones is 1. The highest BCUT2D eigenvalue weighted by atomic mass is 31.3. The van der Waals surface area contributed by atoms with Crippen molar-refractivity contribution in [2.45, 2.75) is 51.4 Å². The number of nitrogens with one attached hydrogen (secondary N) is 5. The Morgan fingerprint density at radius 1 is 0.889 bits per heavy atom. The molecule has 0 saturated heterocycles. The number of rotatable bonds is 7. The first-order valence-electron chi connectivity index (χ1n) is 12.9. The molecule has 5 N–H and O–H groups in total. The number of aryl methyl sites for hydroxylation is 1. The fraction of sp³-hybridized carbons (Fsp3) is 0.696. The van der Waals surface area contributed by atoms with Crippen LogP contribution < -0.4 is 30.0 Å². The average molecular weight is 555 g/mol. The first-order valence-corrected chi connectivity index (χ1v) is 17.9. The van der Waals surface area contributed by atoms with Crippen molar-refractivity contribution in [3.05, 3.63) is 29.3 Å². The quantitative estimate of drug-likeness (QED) is 0.285. The van der Waals surface area contributed by atoms with Gasteiger partial charge in [0.25, 0.3) is 0 Å². The van der Waals surface area contributed by atoms with Gasteiger partial charge in [0.1, 0.15) is 11.5 Å². The molecular weight excluding hydrogens is 513 g/mol. The first kappa shape index (κ1) is 26.8. The molecule has 2 fully saturated rings. The van der Waals surface area contributed by atoms with Crippen LogP contribution in [0.3, 0.4) is 0 Å². The number of hydrogen-bond acceptors (Lipinski definition) is 10. The summed E-state index contributed by atoms with van der Waals surface area (Å²) < 4.78 is 21.8. The molecule has 200 valence electrons. The Hall–Kier alpha value is -0.820. The molecule has 1 aromatic carbocycles. The van der Waals surface area contributed by atoms with Gasteiger partial charge in [0, 0.05) is 11.8 Å². The summed E-state index contributed by atoms with van der Waals surface area (Å²) in [7, 11) is 1.70. The van der Waals surface area contributed by atoms with Crippen LogP contribution >= 0.6 is 22.6 Å². The molecule has 4 aliphatic rings. The molecule has 1 unspecified atom stereocenters. The lowest BCUT2D eigenvalue weighted by Crippen LogP contribution is -2.42. The summed E-state index contributed by atoms with van der Waals surface area (Å²) in [5, 5.41) is 16.6. The largest absolute Gasteiger partial charge is 0.431 e. The summed E-state index contributed by atoms with van der Waals surface area (Å²) in [6.45, 7) is 2.23. The van der Waals surface area contributed by atoms with Crippen molar-refractivity contribution in [3.8, 4) is 5.75 Å².